The molecule has 6 nitrogen and oxygen atoms in total. The highest BCUT2D eigenvalue weighted by atomic mass is 16.6. The number of ether oxygens (including phenoxy) is 2. The predicted octanol–water partition coefficient (Wildman–Crippen LogP) is 3.26. The summed E-state index contributed by atoms with van der Waals surface area (Å²) in [5, 5.41) is 9.44. The van der Waals surface area contributed by atoms with Crippen LogP contribution in [-0.2, 0) is 16.0 Å². The largest absolute Gasteiger partial charge is 0.488 e. The van der Waals surface area contributed by atoms with Gasteiger partial charge in [-0.2, -0.15) is 0 Å². The SMILES string of the molecule is C=CCc1ccccc1O[C@@H]1C[C@H](C(=O)O)N(C(=O)OC(C)(C)C)C1. The van der Waals surface area contributed by atoms with Crippen LogP contribution in [0.4, 0.5) is 4.79 Å². The Labute approximate surface area is 148 Å². The maximum Gasteiger partial charge on any atom is 0.411 e. The van der Waals surface area contributed by atoms with Gasteiger partial charge < -0.3 is 14.6 Å². The minimum Gasteiger partial charge on any atom is -0.488 e. The summed E-state index contributed by atoms with van der Waals surface area (Å²) >= 11 is 0. The second-order valence-electron chi connectivity index (χ2n) is 7.06. The van der Waals surface area contributed by atoms with Crippen LogP contribution in [-0.4, -0.2) is 46.4 Å². The van der Waals surface area contributed by atoms with E-state index in [9.17, 15) is 14.7 Å². The van der Waals surface area contributed by atoms with Crippen LogP contribution in [0.5, 0.6) is 5.75 Å². The molecule has 1 aromatic carbocycles. The molecule has 0 aliphatic carbocycles. The topological polar surface area (TPSA) is 76.1 Å². The van der Waals surface area contributed by atoms with E-state index in [0.29, 0.717) is 12.2 Å². The van der Waals surface area contributed by atoms with Crippen molar-refractivity contribution in [1.29, 1.82) is 0 Å². The fourth-order valence-corrected chi connectivity index (χ4v) is 2.76. The van der Waals surface area contributed by atoms with Gasteiger partial charge in [0.25, 0.3) is 0 Å². The van der Waals surface area contributed by atoms with Gasteiger partial charge in [0.05, 0.1) is 6.54 Å². The molecule has 2 atom stereocenters. The monoisotopic (exact) mass is 347 g/mol. The third kappa shape index (κ3) is 4.98. The Morgan fingerprint density at radius 2 is 2.04 bits per heavy atom. The average Bonchev–Trinajstić information content (AvgIpc) is 2.92. The van der Waals surface area contributed by atoms with E-state index in [4.69, 9.17) is 9.47 Å². The van der Waals surface area contributed by atoms with Crippen molar-refractivity contribution in [2.24, 2.45) is 0 Å². The molecule has 1 aromatic rings. The van der Waals surface area contributed by atoms with E-state index < -0.39 is 29.8 Å². The van der Waals surface area contributed by atoms with Crippen molar-refractivity contribution in [3.63, 3.8) is 0 Å². The summed E-state index contributed by atoms with van der Waals surface area (Å²) in [5.41, 5.74) is 0.287. The van der Waals surface area contributed by atoms with Crippen LogP contribution in [0.15, 0.2) is 36.9 Å². The second kappa shape index (κ2) is 7.59. The molecular weight excluding hydrogens is 322 g/mol. The Balaban J connectivity index is 2.13. The molecule has 2 rings (SSSR count). The zero-order valence-corrected chi connectivity index (χ0v) is 14.9. The maximum absolute atomic E-state index is 12.3. The summed E-state index contributed by atoms with van der Waals surface area (Å²) < 4.78 is 11.3. The van der Waals surface area contributed by atoms with Crippen LogP contribution < -0.4 is 4.74 Å². The lowest BCUT2D eigenvalue weighted by Crippen LogP contribution is -2.43. The fourth-order valence-electron chi connectivity index (χ4n) is 2.76. The molecule has 6 heteroatoms. The first-order valence-electron chi connectivity index (χ1n) is 8.29. The van der Waals surface area contributed by atoms with Gasteiger partial charge in [0.1, 0.15) is 23.5 Å². The van der Waals surface area contributed by atoms with Gasteiger partial charge in [-0.05, 0) is 38.8 Å². The Morgan fingerprint density at radius 3 is 2.64 bits per heavy atom. The number of hydrogen-bond acceptors (Lipinski definition) is 4. The zero-order valence-electron chi connectivity index (χ0n) is 14.9. The van der Waals surface area contributed by atoms with Crippen molar-refractivity contribution in [2.45, 2.75) is 51.4 Å². The smallest absolute Gasteiger partial charge is 0.411 e. The molecule has 1 saturated heterocycles. The first kappa shape index (κ1) is 18.8. The van der Waals surface area contributed by atoms with E-state index >= 15 is 0 Å². The summed E-state index contributed by atoms with van der Waals surface area (Å²) in [6.07, 6.45) is 1.62. The number of para-hydroxylation sites is 1. The van der Waals surface area contributed by atoms with Crippen LogP contribution in [0.25, 0.3) is 0 Å². The number of carbonyl (C=O) groups excluding carboxylic acids is 1. The molecule has 0 saturated carbocycles. The minimum absolute atomic E-state index is 0.175. The van der Waals surface area contributed by atoms with Crippen LogP contribution in [0, 0.1) is 0 Å². The normalized spacial score (nSPS) is 20.2. The van der Waals surface area contributed by atoms with E-state index in [0.717, 1.165) is 5.56 Å². The van der Waals surface area contributed by atoms with Crippen molar-refractivity contribution in [3.05, 3.63) is 42.5 Å². The quantitative estimate of drug-likeness (QED) is 0.828. The summed E-state index contributed by atoms with van der Waals surface area (Å²) in [7, 11) is 0. The lowest BCUT2D eigenvalue weighted by molar-refractivity contribution is -0.142. The van der Waals surface area contributed by atoms with Crippen molar-refractivity contribution in [2.75, 3.05) is 6.54 Å². The molecular formula is C19H25NO5. The van der Waals surface area contributed by atoms with Crippen molar-refractivity contribution < 1.29 is 24.2 Å². The number of aliphatic carboxylic acids is 1. The molecule has 25 heavy (non-hydrogen) atoms. The number of hydrogen-bond donors (Lipinski definition) is 1. The third-order valence-corrected chi connectivity index (χ3v) is 3.81. The molecule has 1 aliphatic heterocycles. The maximum atomic E-state index is 12.3. The highest BCUT2D eigenvalue weighted by Gasteiger charge is 2.42. The van der Waals surface area contributed by atoms with Crippen molar-refractivity contribution >= 4 is 12.1 Å². The number of benzene rings is 1. The number of nitrogens with zero attached hydrogens (tertiary/aromatic N) is 1. The standard InChI is InChI=1S/C19H25NO5/c1-5-8-13-9-6-7-10-16(13)24-14-11-15(17(21)22)20(12-14)18(23)25-19(2,3)4/h5-7,9-10,14-15H,1,8,11-12H2,2-4H3,(H,21,22)/t14-,15-/m1/s1. The van der Waals surface area contributed by atoms with E-state index in [1.165, 1.54) is 4.90 Å². The Hall–Kier alpha value is -2.50. The lowest BCUT2D eigenvalue weighted by atomic mass is 10.1. The highest BCUT2D eigenvalue weighted by Crippen LogP contribution is 2.27. The lowest BCUT2D eigenvalue weighted by Gasteiger charge is -2.26. The molecule has 0 bridgehead atoms. The van der Waals surface area contributed by atoms with E-state index in [1.807, 2.05) is 24.3 Å². The van der Waals surface area contributed by atoms with Gasteiger partial charge in [0, 0.05) is 6.42 Å². The third-order valence-electron chi connectivity index (χ3n) is 3.81. The Kier molecular flexibility index (Phi) is 5.72. The van der Waals surface area contributed by atoms with Crippen molar-refractivity contribution in [1.82, 2.24) is 4.90 Å². The average molecular weight is 347 g/mol. The second-order valence-corrected chi connectivity index (χ2v) is 7.06. The van der Waals surface area contributed by atoms with E-state index in [2.05, 4.69) is 6.58 Å². The fraction of sp³-hybridized carbons (Fsp3) is 0.474. The number of carbonyl (C=O) groups is 2. The number of allylic oxidation sites excluding steroid dienone is 1. The Bertz CT molecular complexity index is 649. The number of carboxylic acid groups (broad SMARTS) is 1. The number of amides is 1. The van der Waals surface area contributed by atoms with Crippen LogP contribution >= 0.6 is 0 Å². The molecule has 136 valence electrons. The van der Waals surface area contributed by atoms with Gasteiger partial charge in [-0.1, -0.05) is 24.3 Å². The molecule has 1 heterocycles. The zero-order chi connectivity index (χ0) is 18.6. The highest BCUT2D eigenvalue weighted by molar-refractivity contribution is 5.81. The van der Waals surface area contributed by atoms with Gasteiger partial charge in [-0.25, -0.2) is 9.59 Å². The molecule has 0 radical (unpaired) electrons. The number of carboxylic acids is 1. The van der Waals surface area contributed by atoms with Gasteiger partial charge in [0.2, 0.25) is 0 Å². The summed E-state index contributed by atoms with van der Waals surface area (Å²) in [4.78, 5) is 25.1. The van der Waals surface area contributed by atoms with Crippen LogP contribution in [0.2, 0.25) is 0 Å². The van der Waals surface area contributed by atoms with Gasteiger partial charge in [-0.15, -0.1) is 6.58 Å². The molecule has 1 fully saturated rings. The number of likely N-dealkylation sites (tertiary alicyclic amines) is 1. The van der Waals surface area contributed by atoms with Crippen molar-refractivity contribution in [3.8, 4) is 5.75 Å². The first-order valence-corrected chi connectivity index (χ1v) is 8.29. The Morgan fingerprint density at radius 1 is 1.36 bits per heavy atom. The van der Waals surface area contributed by atoms with Crippen LogP contribution in [0.3, 0.4) is 0 Å². The van der Waals surface area contributed by atoms with E-state index in [1.54, 1.807) is 26.8 Å². The first-order chi connectivity index (χ1) is 11.7. The predicted molar refractivity (Wildman–Crippen MR) is 93.7 cm³/mol. The molecule has 0 unspecified atom stereocenters. The number of rotatable bonds is 5. The van der Waals surface area contributed by atoms with Gasteiger partial charge in [-0.3, -0.25) is 4.90 Å². The van der Waals surface area contributed by atoms with E-state index in [-0.39, 0.29) is 13.0 Å². The van der Waals surface area contributed by atoms with Crippen LogP contribution in [0.1, 0.15) is 32.8 Å². The molecule has 1 aliphatic rings. The van der Waals surface area contributed by atoms with Gasteiger partial charge in [0.15, 0.2) is 0 Å². The summed E-state index contributed by atoms with van der Waals surface area (Å²) in [6, 6.07) is 6.59. The van der Waals surface area contributed by atoms with Gasteiger partial charge >= 0.3 is 12.1 Å². The molecule has 0 aromatic heterocycles. The molecule has 1 N–H and O–H groups in total. The summed E-state index contributed by atoms with van der Waals surface area (Å²) in [5.74, 6) is -0.376. The summed E-state index contributed by atoms with van der Waals surface area (Å²) in [6.45, 7) is 9.14. The molecule has 1 amide bonds. The minimum atomic E-state index is -1.06. The molecule has 0 spiro atoms.